The normalized spacial score (nSPS) is 10.9. The van der Waals surface area contributed by atoms with E-state index in [0.29, 0.717) is 5.82 Å². The number of aromatic nitrogens is 4. The largest absolute Gasteiger partial charge is 0.333 e. The van der Waals surface area contributed by atoms with Crippen LogP contribution in [0.1, 0.15) is 26.8 Å². The summed E-state index contributed by atoms with van der Waals surface area (Å²) in [7, 11) is 0. The van der Waals surface area contributed by atoms with Crippen LogP contribution in [0.2, 0.25) is 0 Å². The van der Waals surface area contributed by atoms with Gasteiger partial charge in [-0.05, 0) is 20.8 Å². The highest BCUT2D eigenvalue weighted by atomic mass is 16.1. The van der Waals surface area contributed by atoms with Crippen LogP contribution in [-0.2, 0) is 6.54 Å². The van der Waals surface area contributed by atoms with Crippen LogP contribution < -0.4 is 10.9 Å². The molecule has 0 unspecified atom stereocenters. The van der Waals surface area contributed by atoms with Gasteiger partial charge in [0.15, 0.2) is 5.82 Å². The molecule has 0 saturated heterocycles. The second kappa shape index (κ2) is 5.03. The average molecular weight is 247 g/mol. The number of aryl methyl sites for hydroxylation is 1. The molecule has 0 bridgehead atoms. The number of nitrogens with zero attached hydrogens (tertiary/aromatic N) is 4. The van der Waals surface area contributed by atoms with Crippen LogP contribution in [0.4, 0.5) is 11.5 Å². The molecule has 2 aromatic rings. The van der Waals surface area contributed by atoms with Crippen LogP contribution in [0.15, 0.2) is 29.6 Å². The Morgan fingerprint density at radius 2 is 2.22 bits per heavy atom. The van der Waals surface area contributed by atoms with Crippen molar-refractivity contribution >= 4 is 11.5 Å². The van der Waals surface area contributed by atoms with Gasteiger partial charge in [-0.2, -0.15) is 5.10 Å². The van der Waals surface area contributed by atoms with E-state index in [1.165, 1.54) is 0 Å². The Bertz CT molecular complexity index is 584. The first-order chi connectivity index (χ1) is 8.61. The SMILES string of the molecule is CCn1cc(Nc2nccn(C(C)C)c2=O)cn1. The molecule has 0 spiro atoms. The fraction of sp³-hybridized carbons (Fsp3) is 0.417. The van der Waals surface area contributed by atoms with Gasteiger partial charge in [0.2, 0.25) is 0 Å². The van der Waals surface area contributed by atoms with Crippen LogP contribution in [0, 0.1) is 0 Å². The Morgan fingerprint density at radius 3 is 2.83 bits per heavy atom. The molecule has 0 fully saturated rings. The van der Waals surface area contributed by atoms with E-state index < -0.39 is 0 Å². The van der Waals surface area contributed by atoms with Gasteiger partial charge >= 0.3 is 0 Å². The lowest BCUT2D eigenvalue weighted by molar-refractivity contribution is 0.576. The molecular weight excluding hydrogens is 230 g/mol. The van der Waals surface area contributed by atoms with Gasteiger partial charge in [0.25, 0.3) is 5.56 Å². The second-order valence-corrected chi connectivity index (χ2v) is 4.29. The Balaban J connectivity index is 2.29. The van der Waals surface area contributed by atoms with Crippen molar-refractivity contribution in [1.29, 1.82) is 0 Å². The summed E-state index contributed by atoms with van der Waals surface area (Å²) in [5, 5.41) is 7.13. The van der Waals surface area contributed by atoms with E-state index >= 15 is 0 Å². The number of anilines is 2. The molecule has 2 heterocycles. The van der Waals surface area contributed by atoms with Crippen molar-refractivity contribution in [2.45, 2.75) is 33.4 Å². The highest BCUT2D eigenvalue weighted by molar-refractivity contribution is 5.52. The molecule has 0 radical (unpaired) electrons. The van der Waals surface area contributed by atoms with Crippen LogP contribution in [0.5, 0.6) is 0 Å². The third kappa shape index (κ3) is 2.42. The van der Waals surface area contributed by atoms with E-state index in [1.54, 1.807) is 27.8 Å². The number of rotatable bonds is 4. The quantitative estimate of drug-likeness (QED) is 0.894. The molecule has 0 aromatic carbocycles. The molecule has 0 aliphatic heterocycles. The maximum absolute atomic E-state index is 12.1. The number of hydrogen-bond acceptors (Lipinski definition) is 4. The molecule has 0 aliphatic rings. The van der Waals surface area contributed by atoms with Crippen molar-refractivity contribution in [3.05, 3.63) is 35.1 Å². The van der Waals surface area contributed by atoms with Crippen molar-refractivity contribution in [1.82, 2.24) is 19.3 Å². The van der Waals surface area contributed by atoms with Crippen molar-refractivity contribution < 1.29 is 0 Å². The van der Waals surface area contributed by atoms with Crippen LogP contribution in [-0.4, -0.2) is 19.3 Å². The minimum absolute atomic E-state index is 0.111. The summed E-state index contributed by atoms with van der Waals surface area (Å²) in [4.78, 5) is 16.2. The highest BCUT2D eigenvalue weighted by Gasteiger charge is 2.08. The molecule has 6 nitrogen and oxygen atoms in total. The summed E-state index contributed by atoms with van der Waals surface area (Å²) in [6.07, 6.45) is 6.83. The van der Waals surface area contributed by atoms with E-state index in [0.717, 1.165) is 12.2 Å². The minimum Gasteiger partial charge on any atom is -0.333 e. The third-order valence-electron chi connectivity index (χ3n) is 2.64. The summed E-state index contributed by atoms with van der Waals surface area (Å²) in [5.41, 5.74) is 0.639. The Labute approximate surface area is 105 Å². The van der Waals surface area contributed by atoms with Crippen molar-refractivity contribution in [2.75, 3.05) is 5.32 Å². The zero-order chi connectivity index (χ0) is 13.1. The lowest BCUT2D eigenvalue weighted by Crippen LogP contribution is -2.24. The summed E-state index contributed by atoms with van der Waals surface area (Å²) >= 11 is 0. The fourth-order valence-electron chi connectivity index (χ4n) is 1.66. The van der Waals surface area contributed by atoms with E-state index in [4.69, 9.17) is 0 Å². The van der Waals surface area contributed by atoms with Gasteiger partial charge in [0, 0.05) is 31.2 Å². The van der Waals surface area contributed by atoms with Crippen molar-refractivity contribution in [3.63, 3.8) is 0 Å². The minimum atomic E-state index is -0.128. The molecular formula is C12H17N5O. The van der Waals surface area contributed by atoms with Crippen LogP contribution in [0.25, 0.3) is 0 Å². The Kier molecular flexibility index (Phi) is 3.45. The predicted octanol–water partition coefficient (Wildman–Crippen LogP) is 1.78. The van der Waals surface area contributed by atoms with Gasteiger partial charge in [-0.3, -0.25) is 9.48 Å². The molecule has 18 heavy (non-hydrogen) atoms. The van der Waals surface area contributed by atoms with Gasteiger partial charge in [-0.1, -0.05) is 0 Å². The second-order valence-electron chi connectivity index (χ2n) is 4.29. The Hall–Kier alpha value is -2.11. The summed E-state index contributed by atoms with van der Waals surface area (Å²) in [6.45, 7) is 6.71. The third-order valence-corrected chi connectivity index (χ3v) is 2.64. The lowest BCUT2D eigenvalue weighted by atomic mass is 10.4. The standard InChI is InChI=1S/C12H17N5O/c1-4-16-8-10(7-14-16)15-11-12(18)17(9(2)3)6-5-13-11/h5-9H,4H2,1-3H3,(H,13,15). The summed E-state index contributed by atoms with van der Waals surface area (Å²) in [6, 6.07) is 0.111. The molecule has 0 amide bonds. The fourth-order valence-corrected chi connectivity index (χ4v) is 1.66. The van der Waals surface area contributed by atoms with Crippen LogP contribution in [0.3, 0.4) is 0 Å². The number of hydrogen-bond donors (Lipinski definition) is 1. The van der Waals surface area contributed by atoms with Crippen molar-refractivity contribution in [3.8, 4) is 0 Å². The first-order valence-electron chi connectivity index (χ1n) is 5.98. The highest BCUT2D eigenvalue weighted by Crippen LogP contribution is 2.10. The van der Waals surface area contributed by atoms with Crippen molar-refractivity contribution in [2.24, 2.45) is 0 Å². The van der Waals surface area contributed by atoms with Gasteiger partial charge in [-0.25, -0.2) is 4.98 Å². The first kappa shape index (κ1) is 12.3. The summed E-state index contributed by atoms with van der Waals surface area (Å²) in [5.74, 6) is 0.321. The zero-order valence-electron chi connectivity index (χ0n) is 10.8. The smallest absolute Gasteiger partial charge is 0.293 e. The van der Waals surface area contributed by atoms with Crippen LogP contribution >= 0.6 is 0 Å². The van der Waals surface area contributed by atoms with E-state index in [2.05, 4.69) is 15.4 Å². The van der Waals surface area contributed by atoms with Gasteiger partial charge < -0.3 is 9.88 Å². The Morgan fingerprint density at radius 1 is 1.44 bits per heavy atom. The van der Waals surface area contributed by atoms with E-state index in [9.17, 15) is 4.79 Å². The molecule has 0 aliphatic carbocycles. The zero-order valence-corrected chi connectivity index (χ0v) is 10.8. The molecule has 0 atom stereocenters. The molecule has 6 heteroatoms. The predicted molar refractivity (Wildman–Crippen MR) is 70.1 cm³/mol. The first-order valence-corrected chi connectivity index (χ1v) is 5.98. The topological polar surface area (TPSA) is 64.7 Å². The molecule has 2 rings (SSSR count). The van der Waals surface area contributed by atoms with E-state index in [1.807, 2.05) is 27.0 Å². The van der Waals surface area contributed by atoms with Gasteiger partial charge in [0.05, 0.1) is 11.9 Å². The van der Waals surface area contributed by atoms with E-state index in [-0.39, 0.29) is 11.6 Å². The maximum Gasteiger partial charge on any atom is 0.293 e. The molecule has 96 valence electrons. The molecule has 0 saturated carbocycles. The maximum atomic E-state index is 12.1. The monoisotopic (exact) mass is 247 g/mol. The molecule has 1 N–H and O–H groups in total. The number of nitrogens with one attached hydrogen (secondary N) is 1. The summed E-state index contributed by atoms with van der Waals surface area (Å²) < 4.78 is 3.42. The van der Waals surface area contributed by atoms with Gasteiger partial charge in [-0.15, -0.1) is 0 Å². The lowest BCUT2D eigenvalue weighted by Gasteiger charge is -2.10. The molecule has 2 aromatic heterocycles. The average Bonchev–Trinajstić information content (AvgIpc) is 2.79. The van der Waals surface area contributed by atoms with Gasteiger partial charge in [0.1, 0.15) is 0 Å².